The normalized spacial score (nSPS) is 12.2. The summed E-state index contributed by atoms with van der Waals surface area (Å²) in [6, 6.07) is 4.69. The van der Waals surface area contributed by atoms with Crippen LogP contribution >= 0.6 is 38.5 Å². The molecule has 17 heavy (non-hydrogen) atoms. The molecule has 2 N–H and O–H groups in total. The zero-order chi connectivity index (χ0) is 13.0. The summed E-state index contributed by atoms with van der Waals surface area (Å²) in [4.78, 5) is 22.4. The number of alkyl halides is 1. The molecule has 0 heterocycles. The van der Waals surface area contributed by atoms with Crippen LogP contribution in [0.5, 0.6) is 0 Å². The van der Waals surface area contributed by atoms with Gasteiger partial charge in [0.25, 0.3) is 0 Å². The van der Waals surface area contributed by atoms with Crippen LogP contribution in [0.25, 0.3) is 0 Å². The molecule has 0 aliphatic heterocycles. The number of carbonyl (C=O) groups excluding carboxylic acids is 1. The van der Waals surface area contributed by atoms with Crippen LogP contribution in [-0.2, 0) is 4.79 Å². The van der Waals surface area contributed by atoms with E-state index in [-0.39, 0.29) is 11.3 Å². The highest BCUT2D eigenvalue weighted by molar-refractivity contribution is 14.1. The molecule has 0 radical (unpaired) electrons. The Kier molecular flexibility index (Phi) is 5.54. The van der Waals surface area contributed by atoms with Gasteiger partial charge in [0.2, 0.25) is 0 Å². The minimum Gasteiger partial charge on any atom is -0.479 e. The van der Waals surface area contributed by atoms with Gasteiger partial charge in [-0.25, -0.2) is 4.79 Å². The average Bonchev–Trinajstić information content (AvgIpc) is 2.28. The van der Waals surface area contributed by atoms with E-state index in [9.17, 15) is 14.7 Å². The fourth-order valence-corrected chi connectivity index (χ4v) is 2.28. The van der Waals surface area contributed by atoms with Gasteiger partial charge in [-0.2, -0.15) is 0 Å². The van der Waals surface area contributed by atoms with Crippen LogP contribution < -0.4 is 0 Å². The maximum Gasteiger partial charge on any atom is 0.337 e. The number of aliphatic carboxylic acids is 1. The van der Waals surface area contributed by atoms with Crippen molar-refractivity contribution >= 4 is 50.3 Å². The molecule has 0 fully saturated rings. The number of hydrogen-bond donors (Lipinski definition) is 2. The lowest BCUT2D eigenvalue weighted by Gasteiger charge is -2.10. The predicted octanol–water partition coefficient (Wildman–Crippen LogP) is 2.38. The highest BCUT2D eigenvalue weighted by Crippen LogP contribution is 2.22. The first-order chi connectivity index (χ1) is 7.97. The van der Waals surface area contributed by atoms with Crippen LogP contribution in [0.4, 0.5) is 0 Å². The monoisotopic (exact) mass is 412 g/mol. The van der Waals surface area contributed by atoms with E-state index in [1.165, 1.54) is 6.07 Å². The third kappa shape index (κ3) is 3.75. The van der Waals surface area contributed by atoms with Crippen LogP contribution in [0.1, 0.15) is 28.4 Å². The zero-order valence-corrected chi connectivity index (χ0v) is 12.4. The molecule has 0 amide bonds. The van der Waals surface area contributed by atoms with E-state index in [0.717, 1.165) is 0 Å². The number of carboxylic acid groups (broad SMARTS) is 1. The van der Waals surface area contributed by atoms with Crippen molar-refractivity contribution in [3.05, 3.63) is 32.9 Å². The quantitative estimate of drug-likeness (QED) is 0.442. The number of benzene rings is 1. The van der Waals surface area contributed by atoms with Crippen LogP contribution in [0, 0.1) is 3.57 Å². The van der Waals surface area contributed by atoms with Crippen molar-refractivity contribution in [3.63, 3.8) is 0 Å². The standard InChI is InChI=1S/C11H10BrIO4/c12-4-3-9(14)6-1-2-8(13)7(5-6)10(15)11(16)17/h1-2,5,10,15H,3-4H2,(H,16,17). The highest BCUT2D eigenvalue weighted by atomic mass is 127. The lowest BCUT2D eigenvalue weighted by Crippen LogP contribution is -2.13. The number of aliphatic hydroxyl groups excluding tert-OH is 1. The summed E-state index contributed by atoms with van der Waals surface area (Å²) in [6.07, 6.45) is -1.26. The average molecular weight is 413 g/mol. The van der Waals surface area contributed by atoms with Gasteiger partial charge in [-0.15, -0.1) is 0 Å². The molecule has 1 aromatic rings. The van der Waals surface area contributed by atoms with Crippen molar-refractivity contribution in [2.75, 3.05) is 5.33 Å². The molecule has 6 heteroatoms. The van der Waals surface area contributed by atoms with E-state index < -0.39 is 12.1 Å². The van der Waals surface area contributed by atoms with Gasteiger partial charge in [-0.3, -0.25) is 4.79 Å². The molecule has 1 atom stereocenters. The van der Waals surface area contributed by atoms with E-state index in [1.54, 1.807) is 12.1 Å². The number of hydrogen-bond acceptors (Lipinski definition) is 3. The molecule has 1 rings (SSSR count). The van der Waals surface area contributed by atoms with E-state index in [4.69, 9.17) is 5.11 Å². The summed E-state index contributed by atoms with van der Waals surface area (Å²) in [7, 11) is 0. The van der Waals surface area contributed by atoms with Gasteiger partial charge in [0.1, 0.15) is 0 Å². The molecule has 0 saturated heterocycles. The second kappa shape index (κ2) is 6.46. The number of rotatable bonds is 5. The lowest BCUT2D eigenvalue weighted by atomic mass is 10.0. The number of carboxylic acids is 1. The Hall–Kier alpha value is -0.470. The van der Waals surface area contributed by atoms with E-state index >= 15 is 0 Å². The van der Waals surface area contributed by atoms with Gasteiger partial charge in [0.15, 0.2) is 11.9 Å². The molecule has 1 aromatic carbocycles. The summed E-state index contributed by atoms with van der Waals surface area (Å²) < 4.78 is 0.618. The van der Waals surface area contributed by atoms with Crippen molar-refractivity contribution in [3.8, 4) is 0 Å². The fraction of sp³-hybridized carbons (Fsp3) is 0.273. The van der Waals surface area contributed by atoms with Gasteiger partial charge < -0.3 is 10.2 Å². The third-order valence-corrected chi connectivity index (χ3v) is 3.55. The topological polar surface area (TPSA) is 74.6 Å². The Bertz CT molecular complexity index is 447. The largest absolute Gasteiger partial charge is 0.479 e. The molecule has 4 nitrogen and oxygen atoms in total. The van der Waals surface area contributed by atoms with Gasteiger partial charge in [-0.1, -0.05) is 22.0 Å². The van der Waals surface area contributed by atoms with Crippen molar-refractivity contribution in [2.45, 2.75) is 12.5 Å². The summed E-state index contributed by atoms with van der Waals surface area (Å²) in [5, 5.41) is 18.8. The molecule has 0 saturated carbocycles. The van der Waals surface area contributed by atoms with Crippen molar-refractivity contribution < 1.29 is 19.8 Å². The first-order valence-corrected chi connectivity index (χ1v) is 6.97. The molecule has 0 aliphatic carbocycles. The van der Waals surface area contributed by atoms with Gasteiger partial charge in [-0.05, 0) is 34.7 Å². The Morgan fingerprint density at radius 1 is 1.41 bits per heavy atom. The van der Waals surface area contributed by atoms with Crippen molar-refractivity contribution in [1.82, 2.24) is 0 Å². The summed E-state index contributed by atoms with van der Waals surface area (Å²) in [6.45, 7) is 0. The van der Waals surface area contributed by atoms with Gasteiger partial charge >= 0.3 is 5.97 Å². The van der Waals surface area contributed by atoms with E-state index in [2.05, 4.69) is 15.9 Å². The second-order valence-electron chi connectivity index (χ2n) is 3.34. The van der Waals surface area contributed by atoms with Crippen LogP contribution in [0.15, 0.2) is 18.2 Å². The number of ketones is 1. The zero-order valence-electron chi connectivity index (χ0n) is 8.69. The fourth-order valence-electron chi connectivity index (χ4n) is 1.29. The Morgan fingerprint density at radius 2 is 2.06 bits per heavy atom. The summed E-state index contributed by atoms with van der Waals surface area (Å²) in [5.41, 5.74) is 0.665. The Morgan fingerprint density at radius 3 is 2.59 bits per heavy atom. The first kappa shape index (κ1) is 14.6. The predicted molar refractivity (Wildman–Crippen MR) is 74.5 cm³/mol. The second-order valence-corrected chi connectivity index (χ2v) is 5.29. The van der Waals surface area contributed by atoms with Gasteiger partial charge in [0.05, 0.1) is 0 Å². The van der Waals surface area contributed by atoms with E-state index in [0.29, 0.717) is 20.9 Å². The van der Waals surface area contributed by atoms with E-state index in [1.807, 2.05) is 22.6 Å². The molecular weight excluding hydrogens is 403 g/mol. The lowest BCUT2D eigenvalue weighted by molar-refractivity contribution is -0.147. The highest BCUT2D eigenvalue weighted by Gasteiger charge is 2.20. The van der Waals surface area contributed by atoms with Crippen LogP contribution in [0.2, 0.25) is 0 Å². The molecule has 0 aromatic heterocycles. The van der Waals surface area contributed by atoms with Crippen molar-refractivity contribution in [2.24, 2.45) is 0 Å². The number of Topliss-reactive ketones (excluding diaryl/α,β-unsaturated/α-hetero) is 1. The maximum absolute atomic E-state index is 11.6. The molecular formula is C11H10BrIO4. The molecule has 0 spiro atoms. The van der Waals surface area contributed by atoms with Crippen LogP contribution in [-0.4, -0.2) is 27.3 Å². The molecule has 0 bridgehead atoms. The molecule has 1 unspecified atom stereocenters. The molecule has 0 aliphatic rings. The number of carbonyl (C=O) groups is 2. The summed E-state index contributed by atoms with van der Waals surface area (Å²) >= 11 is 5.09. The molecule has 92 valence electrons. The van der Waals surface area contributed by atoms with Crippen LogP contribution in [0.3, 0.4) is 0 Å². The van der Waals surface area contributed by atoms with Crippen molar-refractivity contribution in [1.29, 1.82) is 0 Å². The van der Waals surface area contributed by atoms with Gasteiger partial charge in [0, 0.05) is 26.4 Å². The maximum atomic E-state index is 11.6. The Labute approximate surface area is 120 Å². The smallest absolute Gasteiger partial charge is 0.337 e. The first-order valence-electron chi connectivity index (χ1n) is 4.77. The summed E-state index contributed by atoms with van der Waals surface area (Å²) in [5.74, 6) is -1.41. The Balaban J connectivity index is 3.10. The number of halogens is 2. The minimum absolute atomic E-state index is 0.0860. The SMILES string of the molecule is O=C(CCBr)c1ccc(I)c(C(O)C(=O)O)c1. The third-order valence-electron chi connectivity index (χ3n) is 2.17. The minimum atomic E-state index is -1.60. The number of aliphatic hydroxyl groups is 1.